The molecule has 0 spiro atoms. The van der Waals surface area contributed by atoms with Crippen molar-refractivity contribution in [2.24, 2.45) is 0 Å². The van der Waals surface area contributed by atoms with E-state index < -0.39 is 0 Å². The molecule has 0 saturated carbocycles. The number of nitrogens with zero attached hydrogens (tertiary/aromatic N) is 1. The van der Waals surface area contributed by atoms with E-state index in [4.69, 9.17) is 9.47 Å². The van der Waals surface area contributed by atoms with Crippen LogP contribution in [0, 0.1) is 0 Å². The molecule has 4 nitrogen and oxygen atoms in total. The topological polar surface area (TPSA) is 38.8 Å². The summed E-state index contributed by atoms with van der Waals surface area (Å²) in [4.78, 5) is 13.7. The van der Waals surface area contributed by atoms with Crippen LogP contribution in [-0.4, -0.2) is 49.3 Å². The van der Waals surface area contributed by atoms with Crippen LogP contribution in [0.15, 0.2) is 0 Å². The maximum atomic E-state index is 11.6. The molecule has 0 aliphatic carbocycles. The number of hydrogen-bond donors (Lipinski definition) is 0. The zero-order valence-electron chi connectivity index (χ0n) is 10.0. The molecule has 3 atom stereocenters. The molecular weight excluding hydrogens is 194 g/mol. The Morgan fingerprint density at radius 2 is 2.00 bits per heavy atom. The first-order valence-corrected chi connectivity index (χ1v) is 5.55. The SMILES string of the molecule is CC[C@@H](C(=O)OC)N1C[C@@H](C)O[C@@H](C)C1. The Hall–Kier alpha value is -0.610. The highest BCUT2D eigenvalue weighted by Gasteiger charge is 2.31. The van der Waals surface area contributed by atoms with Crippen molar-refractivity contribution in [2.75, 3.05) is 20.2 Å². The Labute approximate surface area is 91.5 Å². The van der Waals surface area contributed by atoms with Gasteiger partial charge in [-0.25, -0.2) is 0 Å². The minimum atomic E-state index is -0.140. The molecule has 1 rings (SSSR count). The van der Waals surface area contributed by atoms with Gasteiger partial charge in [0, 0.05) is 13.1 Å². The molecule has 1 fully saturated rings. The molecule has 1 saturated heterocycles. The average molecular weight is 215 g/mol. The van der Waals surface area contributed by atoms with E-state index in [1.807, 2.05) is 20.8 Å². The van der Waals surface area contributed by atoms with E-state index in [1.54, 1.807) is 0 Å². The predicted molar refractivity (Wildman–Crippen MR) is 57.7 cm³/mol. The van der Waals surface area contributed by atoms with Gasteiger partial charge in [0.15, 0.2) is 0 Å². The van der Waals surface area contributed by atoms with Crippen molar-refractivity contribution in [1.82, 2.24) is 4.90 Å². The number of esters is 1. The highest BCUT2D eigenvalue weighted by molar-refractivity contribution is 5.75. The van der Waals surface area contributed by atoms with Crippen LogP contribution in [0.5, 0.6) is 0 Å². The standard InChI is InChI=1S/C11H21NO3/c1-5-10(11(13)14-4)12-6-8(2)15-9(3)7-12/h8-10H,5-7H2,1-4H3/t8-,9+,10-/m0/s1. The number of ether oxygens (including phenoxy) is 2. The molecule has 0 aromatic rings. The summed E-state index contributed by atoms with van der Waals surface area (Å²) < 4.78 is 10.4. The summed E-state index contributed by atoms with van der Waals surface area (Å²) in [6.07, 6.45) is 1.16. The van der Waals surface area contributed by atoms with E-state index in [9.17, 15) is 4.79 Å². The van der Waals surface area contributed by atoms with Crippen LogP contribution in [0.4, 0.5) is 0 Å². The van der Waals surface area contributed by atoms with Crippen molar-refractivity contribution < 1.29 is 14.3 Å². The summed E-state index contributed by atoms with van der Waals surface area (Å²) >= 11 is 0. The van der Waals surface area contributed by atoms with E-state index in [0.717, 1.165) is 19.5 Å². The Morgan fingerprint density at radius 3 is 2.40 bits per heavy atom. The Bertz CT molecular complexity index is 210. The number of carbonyl (C=O) groups is 1. The van der Waals surface area contributed by atoms with Crippen LogP contribution in [0.2, 0.25) is 0 Å². The van der Waals surface area contributed by atoms with Crippen molar-refractivity contribution in [3.8, 4) is 0 Å². The lowest BCUT2D eigenvalue weighted by molar-refractivity contribution is -0.152. The smallest absolute Gasteiger partial charge is 0.323 e. The van der Waals surface area contributed by atoms with Crippen LogP contribution >= 0.6 is 0 Å². The Balaban J connectivity index is 2.63. The molecule has 0 aromatic heterocycles. The van der Waals surface area contributed by atoms with E-state index in [2.05, 4.69) is 4.90 Å². The number of methoxy groups -OCH3 is 1. The van der Waals surface area contributed by atoms with Gasteiger partial charge in [-0.3, -0.25) is 9.69 Å². The zero-order chi connectivity index (χ0) is 11.4. The van der Waals surface area contributed by atoms with Crippen LogP contribution < -0.4 is 0 Å². The third-order valence-electron chi connectivity index (χ3n) is 2.75. The fraction of sp³-hybridized carbons (Fsp3) is 0.909. The predicted octanol–water partition coefficient (Wildman–Crippen LogP) is 1.05. The van der Waals surface area contributed by atoms with Gasteiger partial charge in [0.1, 0.15) is 6.04 Å². The largest absolute Gasteiger partial charge is 0.468 e. The van der Waals surface area contributed by atoms with Gasteiger partial charge >= 0.3 is 5.97 Å². The first kappa shape index (κ1) is 12.5. The molecular formula is C11H21NO3. The van der Waals surface area contributed by atoms with Gasteiger partial charge in [0.2, 0.25) is 0 Å². The van der Waals surface area contributed by atoms with Crippen LogP contribution in [0.3, 0.4) is 0 Å². The minimum Gasteiger partial charge on any atom is -0.468 e. The quantitative estimate of drug-likeness (QED) is 0.660. The third-order valence-corrected chi connectivity index (χ3v) is 2.75. The van der Waals surface area contributed by atoms with Crippen molar-refractivity contribution >= 4 is 5.97 Å². The minimum absolute atomic E-state index is 0.121. The normalized spacial score (nSPS) is 29.9. The molecule has 15 heavy (non-hydrogen) atoms. The molecule has 0 radical (unpaired) electrons. The monoisotopic (exact) mass is 215 g/mol. The van der Waals surface area contributed by atoms with Crippen LogP contribution in [0.1, 0.15) is 27.2 Å². The summed E-state index contributed by atoms with van der Waals surface area (Å²) in [7, 11) is 1.44. The first-order chi connectivity index (χ1) is 7.08. The highest BCUT2D eigenvalue weighted by atomic mass is 16.5. The maximum Gasteiger partial charge on any atom is 0.323 e. The molecule has 0 amide bonds. The third kappa shape index (κ3) is 3.18. The lowest BCUT2D eigenvalue weighted by atomic mass is 10.1. The second-order valence-corrected chi connectivity index (χ2v) is 4.16. The van der Waals surface area contributed by atoms with E-state index >= 15 is 0 Å². The summed E-state index contributed by atoms with van der Waals surface area (Å²) in [5.74, 6) is -0.140. The molecule has 1 heterocycles. The number of carbonyl (C=O) groups excluding carboxylic acids is 1. The number of hydrogen-bond acceptors (Lipinski definition) is 4. The van der Waals surface area contributed by atoms with Crippen LogP contribution in [-0.2, 0) is 14.3 Å². The fourth-order valence-electron chi connectivity index (χ4n) is 2.18. The van der Waals surface area contributed by atoms with E-state index in [-0.39, 0.29) is 24.2 Å². The van der Waals surface area contributed by atoms with Crippen molar-refractivity contribution in [3.63, 3.8) is 0 Å². The summed E-state index contributed by atoms with van der Waals surface area (Å²) in [6.45, 7) is 7.68. The van der Waals surface area contributed by atoms with Crippen molar-refractivity contribution in [3.05, 3.63) is 0 Å². The number of rotatable bonds is 3. The average Bonchev–Trinajstić information content (AvgIpc) is 2.17. The molecule has 0 unspecified atom stereocenters. The van der Waals surface area contributed by atoms with E-state index in [1.165, 1.54) is 7.11 Å². The lowest BCUT2D eigenvalue weighted by Crippen LogP contribution is -2.52. The summed E-state index contributed by atoms with van der Waals surface area (Å²) in [5.41, 5.74) is 0. The zero-order valence-corrected chi connectivity index (χ0v) is 10.0. The number of morpholine rings is 1. The van der Waals surface area contributed by atoms with Crippen molar-refractivity contribution in [1.29, 1.82) is 0 Å². The van der Waals surface area contributed by atoms with Gasteiger partial charge in [0.25, 0.3) is 0 Å². The molecule has 1 aliphatic heterocycles. The highest BCUT2D eigenvalue weighted by Crippen LogP contribution is 2.16. The first-order valence-electron chi connectivity index (χ1n) is 5.55. The van der Waals surface area contributed by atoms with Crippen molar-refractivity contribution in [2.45, 2.75) is 45.4 Å². The van der Waals surface area contributed by atoms with Gasteiger partial charge in [-0.05, 0) is 20.3 Å². The molecule has 0 aromatic carbocycles. The van der Waals surface area contributed by atoms with Gasteiger partial charge < -0.3 is 9.47 Å². The summed E-state index contributed by atoms with van der Waals surface area (Å²) in [5, 5.41) is 0. The molecule has 4 heteroatoms. The second-order valence-electron chi connectivity index (χ2n) is 4.16. The lowest BCUT2D eigenvalue weighted by Gasteiger charge is -2.38. The Morgan fingerprint density at radius 1 is 1.47 bits per heavy atom. The van der Waals surface area contributed by atoms with Gasteiger partial charge in [-0.15, -0.1) is 0 Å². The second kappa shape index (κ2) is 5.47. The van der Waals surface area contributed by atoms with Gasteiger partial charge in [0.05, 0.1) is 19.3 Å². The molecule has 0 N–H and O–H groups in total. The fourth-order valence-corrected chi connectivity index (χ4v) is 2.18. The molecule has 88 valence electrons. The summed E-state index contributed by atoms with van der Waals surface area (Å²) in [6, 6.07) is -0.121. The Kier molecular flexibility index (Phi) is 4.54. The molecule has 1 aliphatic rings. The van der Waals surface area contributed by atoms with E-state index in [0.29, 0.717) is 0 Å². The molecule has 0 bridgehead atoms. The van der Waals surface area contributed by atoms with Gasteiger partial charge in [-0.1, -0.05) is 6.92 Å². The maximum absolute atomic E-state index is 11.6. The van der Waals surface area contributed by atoms with Gasteiger partial charge in [-0.2, -0.15) is 0 Å². The van der Waals surface area contributed by atoms with Crippen LogP contribution in [0.25, 0.3) is 0 Å².